The number of piperidine rings is 1. The maximum absolute atomic E-state index is 12.6. The minimum absolute atomic E-state index is 0.00784. The summed E-state index contributed by atoms with van der Waals surface area (Å²) in [5.74, 6) is -2.49. The maximum atomic E-state index is 12.6. The third-order valence-electron chi connectivity index (χ3n) is 4.09. The molecule has 9 nitrogen and oxygen atoms in total. The molecule has 156 valence electrons. The second-order valence-corrected chi connectivity index (χ2v) is 7.05. The number of aliphatic carboxylic acids is 1. The Hall–Kier alpha value is -2.62. The lowest BCUT2D eigenvalue weighted by Gasteiger charge is -2.24. The largest absolute Gasteiger partial charge is 0.480 e. The summed E-state index contributed by atoms with van der Waals surface area (Å²) in [6, 6.07) is 4.48. The van der Waals surface area contributed by atoms with E-state index in [0.29, 0.717) is 0 Å². The fraction of sp³-hybridized carbons (Fsp3) is 0.333. The van der Waals surface area contributed by atoms with Crippen LogP contribution in [0.15, 0.2) is 34.6 Å². The van der Waals surface area contributed by atoms with Gasteiger partial charge in [-0.05, 0) is 38.1 Å². The van der Waals surface area contributed by atoms with E-state index in [0.717, 1.165) is 32.1 Å². The highest BCUT2D eigenvalue weighted by atomic mass is 35.5. The summed E-state index contributed by atoms with van der Waals surface area (Å²) in [6.45, 7) is 0.974. The van der Waals surface area contributed by atoms with Crippen LogP contribution in [0.1, 0.15) is 23.2 Å². The van der Waals surface area contributed by atoms with Crippen LogP contribution in [0.4, 0.5) is 0 Å². The molecule has 2 rings (SSSR count). The van der Waals surface area contributed by atoms with E-state index < -0.39 is 24.3 Å². The van der Waals surface area contributed by atoms with Crippen molar-refractivity contribution in [2.24, 2.45) is 10.7 Å². The monoisotopic (exact) mass is 441 g/mol. The van der Waals surface area contributed by atoms with E-state index in [2.05, 4.69) is 20.9 Å². The number of amides is 2. The van der Waals surface area contributed by atoms with Crippen molar-refractivity contribution in [1.29, 1.82) is 0 Å². The minimum atomic E-state index is -1.18. The van der Waals surface area contributed by atoms with E-state index in [4.69, 9.17) is 34.0 Å². The lowest BCUT2D eigenvalue weighted by molar-refractivity contribution is -0.135. The van der Waals surface area contributed by atoms with Crippen molar-refractivity contribution in [2.45, 2.75) is 18.9 Å². The smallest absolute Gasteiger partial charge is 0.325 e. The zero-order valence-corrected chi connectivity index (χ0v) is 16.9. The molecule has 1 aliphatic heterocycles. The van der Waals surface area contributed by atoms with Gasteiger partial charge in [0, 0.05) is 12.3 Å². The molecule has 0 atom stereocenters. The zero-order valence-electron chi connectivity index (χ0n) is 15.4. The summed E-state index contributed by atoms with van der Waals surface area (Å²) in [7, 11) is 0. The Bertz CT molecular complexity index is 830. The van der Waals surface area contributed by atoms with E-state index >= 15 is 0 Å². The standard InChI is InChI=1S/C18H21Cl2N5O4/c19-11-2-1-3-12(20)15(11)17(28)25-13(8-23-9-14(26)27)16(21)18(29)24-10-4-6-22-7-5-10/h1-3,8,10,22H,4-7,9,21H2,(H,24,29)(H,25,28)(H,26,27)/b16-13+,23-8?. The van der Waals surface area contributed by atoms with Crippen molar-refractivity contribution < 1.29 is 19.5 Å². The van der Waals surface area contributed by atoms with Crippen molar-refractivity contribution in [3.8, 4) is 0 Å². The van der Waals surface area contributed by atoms with Gasteiger partial charge in [-0.2, -0.15) is 0 Å². The summed E-state index contributed by atoms with van der Waals surface area (Å²) < 4.78 is 0. The SMILES string of the molecule is N/C(C(=O)NC1CCNCC1)=C(\C=NCC(=O)O)NC(=O)c1c(Cl)cccc1Cl. The van der Waals surface area contributed by atoms with E-state index in [1.807, 2.05) is 0 Å². The van der Waals surface area contributed by atoms with Crippen LogP contribution in [0.25, 0.3) is 0 Å². The van der Waals surface area contributed by atoms with E-state index in [-0.39, 0.29) is 33.0 Å². The number of carbonyl (C=O) groups is 3. The number of carboxylic acid groups (broad SMARTS) is 1. The molecule has 11 heteroatoms. The van der Waals surface area contributed by atoms with Gasteiger partial charge in [0.05, 0.1) is 21.3 Å². The molecule has 1 fully saturated rings. The number of rotatable bonds is 7. The first kappa shape index (κ1) is 22.7. The normalized spacial score (nSPS) is 15.7. The summed E-state index contributed by atoms with van der Waals surface area (Å²) >= 11 is 12.1. The summed E-state index contributed by atoms with van der Waals surface area (Å²) in [4.78, 5) is 39.5. The van der Waals surface area contributed by atoms with Crippen LogP contribution in [-0.2, 0) is 9.59 Å². The second-order valence-electron chi connectivity index (χ2n) is 6.24. The summed E-state index contributed by atoms with van der Waals surface area (Å²) in [5, 5.41) is 17.4. The molecule has 1 aromatic carbocycles. The molecule has 2 amide bonds. The van der Waals surface area contributed by atoms with Crippen LogP contribution < -0.4 is 21.7 Å². The molecule has 0 aromatic heterocycles. The summed E-state index contributed by atoms with van der Waals surface area (Å²) in [6.07, 6.45) is 2.50. The quantitative estimate of drug-likeness (QED) is 0.314. The predicted molar refractivity (Wildman–Crippen MR) is 110 cm³/mol. The van der Waals surface area contributed by atoms with E-state index in [1.54, 1.807) is 6.07 Å². The average Bonchev–Trinajstić information content (AvgIpc) is 2.67. The predicted octanol–water partition coefficient (Wildman–Crippen LogP) is 0.917. The van der Waals surface area contributed by atoms with Gasteiger partial charge in [0.1, 0.15) is 12.2 Å². The number of nitrogens with one attached hydrogen (secondary N) is 3. The molecule has 6 N–H and O–H groups in total. The van der Waals surface area contributed by atoms with Crippen molar-refractivity contribution in [3.63, 3.8) is 0 Å². The van der Waals surface area contributed by atoms with Gasteiger partial charge in [-0.15, -0.1) is 0 Å². The van der Waals surface area contributed by atoms with Crippen LogP contribution in [0.3, 0.4) is 0 Å². The fourth-order valence-corrected chi connectivity index (χ4v) is 3.20. The second kappa shape index (κ2) is 10.8. The van der Waals surface area contributed by atoms with Crippen LogP contribution in [-0.4, -0.2) is 54.8 Å². The van der Waals surface area contributed by atoms with Crippen LogP contribution in [0.5, 0.6) is 0 Å². The maximum Gasteiger partial charge on any atom is 0.325 e. The first-order valence-corrected chi connectivity index (χ1v) is 9.53. The van der Waals surface area contributed by atoms with Gasteiger partial charge in [0.25, 0.3) is 11.8 Å². The third kappa shape index (κ3) is 6.74. The van der Waals surface area contributed by atoms with Gasteiger partial charge >= 0.3 is 5.97 Å². The Morgan fingerprint density at radius 2 is 1.86 bits per heavy atom. The molecule has 0 bridgehead atoms. The van der Waals surface area contributed by atoms with Crippen molar-refractivity contribution >= 4 is 47.2 Å². The fourth-order valence-electron chi connectivity index (χ4n) is 2.64. The first-order valence-electron chi connectivity index (χ1n) is 8.78. The molecule has 1 saturated heterocycles. The van der Waals surface area contributed by atoms with Crippen molar-refractivity contribution in [1.82, 2.24) is 16.0 Å². The highest BCUT2D eigenvalue weighted by molar-refractivity contribution is 6.39. The number of allylic oxidation sites excluding steroid dienone is 1. The Labute approximate surface area is 177 Å². The highest BCUT2D eigenvalue weighted by Crippen LogP contribution is 2.24. The number of carboxylic acids is 1. The van der Waals surface area contributed by atoms with Crippen LogP contribution in [0.2, 0.25) is 10.0 Å². The number of hydrogen-bond donors (Lipinski definition) is 5. The van der Waals surface area contributed by atoms with E-state index in [1.165, 1.54) is 12.1 Å². The molecule has 0 saturated carbocycles. The van der Waals surface area contributed by atoms with Crippen LogP contribution in [0, 0.1) is 0 Å². The molecule has 1 heterocycles. The number of hydrogen-bond acceptors (Lipinski definition) is 6. The lowest BCUT2D eigenvalue weighted by atomic mass is 10.1. The molecule has 0 radical (unpaired) electrons. The molecular formula is C18H21Cl2N5O4. The van der Waals surface area contributed by atoms with Gasteiger partial charge in [-0.1, -0.05) is 29.3 Å². The third-order valence-corrected chi connectivity index (χ3v) is 4.72. The number of aliphatic imine (C=N–C) groups is 1. The number of halogens is 2. The van der Waals surface area contributed by atoms with E-state index in [9.17, 15) is 14.4 Å². The molecule has 1 aliphatic rings. The van der Waals surface area contributed by atoms with Gasteiger partial charge in [-0.3, -0.25) is 19.4 Å². The molecule has 1 aromatic rings. The lowest BCUT2D eigenvalue weighted by Crippen LogP contribution is -2.45. The molecule has 0 unspecified atom stereocenters. The topological polar surface area (TPSA) is 146 Å². The molecule has 0 aliphatic carbocycles. The number of carbonyl (C=O) groups excluding carboxylic acids is 2. The first-order chi connectivity index (χ1) is 13.8. The van der Waals surface area contributed by atoms with Gasteiger partial charge in [-0.25, -0.2) is 0 Å². The highest BCUT2D eigenvalue weighted by Gasteiger charge is 2.21. The number of nitrogens with two attached hydrogens (primary N) is 1. The van der Waals surface area contributed by atoms with Gasteiger partial charge < -0.3 is 26.8 Å². The Kier molecular flexibility index (Phi) is 8.44. The number of benzene rings is 1. The molecule has 0 spiro atoms. The molecular weight excluding hydrogens is 421 g/mol. The Balaban J connectivity index is 2.25. The Morgan fingerprint density at radius 1 is 1.24 bits per heavy atom. The van der Waals surface area contributed by atoms with Crippen molar-refractivity contribution in [2.75, 3.05) is 19.6 Å². The van der Waals surface area contributed by atoms with Crippen molar-refractivity contribution in [3.05, 3.63) is 45.2 Å². The van der Waals surface area contributed by atoms with Gasteiger partial charge in [0.15, 0.2) is 0 Å². The Morgan fingerprint density at radius 3 is 2.45 bits per heavy atom. The van der Waals surface area contributed by atoms with Crippen LogP contribution >= 0.6 is 23.2 Å². The average molecular weight is 442 g/mol. The zero-order chi connectivity index (χ0) is 21.4. The summed E-state index contributed by atoms with van der Waals surface area (Å²) in [5.41, 5.74) is 5.46. The van der Waals surface area contributed by atoms with Gasteiger partial charge in [0.2, 0.25) is 0 Å². The molecule has 29 heavy (non-hydrogen) atoms. The number of nitrogens with zero attached hydrogens (tertiary/aromatic N) is 1. The minimum Gasteiger partial charge on any atom is -0.480 e.